The van der Waals surface area contributed by atoms with E-state index in [9.17, 15) is 4.79 Å². The lowest BCUT2D eigenvalue weighted by molar-refractivity contribution is -0.126. The summed E-state index contributed by atoms with van der Waals surface area (Å²) in [6, 6.07) is 7.42. The van der Waals surface area contributed by atoms with Gasteiger partial charge in [-0.1, -0.05) is 28.1 Å². The number of nitrogens with one attached hydrogen (secondary N) is 1. The van der Waals surface area contributed by atoms with Crippen LogP contribution < -0.4 is 11.1 Å². The Labute approximate surface area is 131 Å². The Hall–Kier alpha value is -1.73. The zero-order chi connectivity index (χ0) is 15.5. The molecule has 2 rings (SSSR count). The number of nitrogens with zero attached hydrogens (tertiary/aromatic N) is 3. The Balaban J connectivity index is 1.95. The zero-order valence-electron chi connectivity index (χ0n) is 12.0. The van der Waals surface area contributed by atoms with Crippen LogP contribution in [-0.2, 0) is 16.9 Å². The number of carbonyl (C=O) groups excluding carboxylic acids is 1. The number of aryl methyl sites for hydroxylation is 1. The monoisotopic (exact) mass is 351 g/mol. The summed E-state index contributed by atoms with van der Waals surface area (Å²) in [5.74, 6) is 0.600. The van der Waals surface area contributed by atoms with Gasteiger partial charge in [-0.3, -0.25) is 4.79 Å². The molecule has 0 spiro atoms. The fourth-order valence-corrected chi connectivity index (χ4v) is 2.20. The first-order valence-corrected chi connectivity index (χ1v) is 7.38. The normalized spacial score (nSPS) is 13.7. The van der Waals surface area contributed by atoms with Gasteiger partial charge in [0.2, 0.25) is 5.91 Å². The van der Waals surface area contributed by atoms with E-state index in [-0.39, 0.29) is 5.91 Å². The number of hydrogen-bond donors (Lipinski definition) is 2. The van der Waals surface area contributed by atoms with E-state index in [0.717, 1.165) is 15.9 Å². The number of benzene rings is 1. The first-order chi connectivity index (χ1) is 9.91. The number of halogens is 1. The molecule has 0 aliphatic rings. The summed E-state index contributed by atoms with van der Waals surface area (Å²) in [6.45, 7) is 4.65. The van der Waals surface area contributed by atoms with Gasteiger partial charge in [0.05, 0.1) is 0 Å². The second-order valence-corrected chi connectivity index (χ2v) is 5.95. The van der Waals surface area contributed by atoms with Crippen molar-refractivity contribution < 1.29 is 4.79 Å². The third kappa shape index (κ3) is 3.68. The molecule has 1 aromatic carbocycles. The molecule has 0 radical (unpaired) electrons. The van der Waals surface area contributed by atoms with Crippen molar-refractivity contribution in [3.63, 3.8) is 0 Å². The highest BCUT2D eigenvalue weighted by molar-refractivity contribution is 9.10. The summed E-state index contributed by atoms with van der Waals surface area (Å²) in [5.41, 5.74) is 5.86. The van der Waals surface area contributed by atoms with Crippen molar-refractivity contribution in [2.24, 2.45) is 5.73 Å². The minimum absolute atomic E-state index is 0.212. The summed E-state index contributed by atoms with van der Waals surface area (Å²) in [5, 5.41) is 10.5. The van der Waals surface area contributed by atoms with E-state index in [4.69, 9.17) is 5.73 Å². The molecule has 1 unspecified atom stereocenters. The van der Waals surface area contributed by atoms with Crippen molar-refractivity contribution >= 4 is 21.8 Å². The van der Waals surface area contributed by atoms with Crippen LogP contribution in [0.2, 0.25) is 0 Å². The summed E-state index contributed by atoms with van der Waals surface area (Å²) < 4.78 is 2.82. The van der Waals surface area contributed by atoms with E-state index >= 15 is 0 Å². The number of aromatic nitrogens is 3. The molecule has 0 bridgehead atoms. The van der Waals surface area contributed by atoms with Gasteiger partial charge in [-0.05, 0) is 31.5 Å². The molecule has 7 heteroatoms. The average Bonchev–Trinajstić information content (AvgIpc) is 2.85. The Morgan fingerprint density at radius 3 is 2.67 bits per heavy atom. The van der Waals surface area contributed by atoms with Gasteiger partial charge in [0.1, 0.15) is 17.7 Å². The molecule has 1 atom stereocenters. The number of nitrogens with two attached hydrogens (primary N) is 1. The standard InChI is InChI=1S/C14H18BrN5O/c1-10-19-18-9-20(10)8-7-17-13(21)14(2,16)11-3-5-12(15)6-4-11/h3-6,9H,7-8,16H2,1-2H3,(H,17,21). The molecular weight excluding hydrogens is 334 g/mol. The average molecular weight is 352 g/mol. The van der Waals surface area contributed by atoms with Gasteiger partial charge in [0.25, 0.3) is 0 Å². The van der Waals surface area contributed by atoms with Gasteiger partial charge in [0, 0.05) is 17.6 Å². The quantitative estimate of drug-likeness (QED) is 0.850. The molecule has 0 aliphatic carbocycles. The first kappa shape index (κ1) is 15.7. The maximum atomic E-state index is 12.3. The van der Waals surface area contributed by atoms with E-state index in [1.807, 2.05) is 35.8 Å². The lowest BCUT2D eigenvalue weighted by Crippen LogP contribution is -2.49. The predicted molar refractivity (Wildman–Crippen MR) is 83.5 cm³/mol. The van der Waals surface area contributed by atoms with Crippen LogP contribution >= 0.6 is 15.9 Å². The molecule has 1 aromatic heterocycles. The molecule has 1 amide bonds. The van der Waals surface area contributed by atoms with Crippen LogP contribution in [0.3, 0.4) is 0 Å². The minimum Gasteiger partial charge on any atom is -0.352 e. The molecule has 6 nitrogen and oxygen atoms in total. The summed E-state index contributed by atoms with van der Waals surface area (Å²) in [4.78, 5) is 12.3. The first-order valence-electron chi connectivity index (χ1n) is 6.59. The van der Waals surface area contributed by atoms with E-state index < -0.39 is 5.54 Å². The van der Waals surface area contributed by atoms with Crippen LogP contribution in [-0.4, -0.2) is 27.2 Å². The van der Waals surface area contributed by atoms with Gasteiger partial charge in [0.15, 0.2) is 0 Å². The predicted octanol–water partition coefficient (Wildman–Crippen LogP) is 1.34. The van der Waals surface area contributed by atoms with Crippen molar-refractivity contribution in [1.82, 2.24) is 20.1 Å². The highest BCUT2D eigenvalue weighted by Gasteiger charge is 2.30. The fourth-order valence-electron chi connectivity index (χ4n) is 1.93. The van der Waals surface area contributed by atoms with Crippen LogP contribution in [0.25, 0.3) is 0 Å². The fraction of sp³-hybridized carbons (Fsp3) is 0.357. The van der Waals surface area contributed by atoms with Gasteiger partial charge in [-0.2, -0.15) is 0 Å². The molecular formula is C14H18BrN5O. The smallest absolute Gasteiger partial charge is 0.244 e. The summed E-state index contributed by atoms with van der Waals surface area (Å²) >= 11 is 3.36. The molecule has 21 heavy (non-hydrogen) atoms. The van der Waals surface area contributed by atoms with Crippen molar-refractivity contribution in [2.45, 2.75) is 25.9 Å². The topological polar surface area (TPSA) is 85.8 Å². The summed E-state index contributed by atoms with van der Waals surface area (Å²) in [7, 11) is 0. The Morgan fingerprint density at radius 1 is 1.43 bits per heavy atom. The molecule has 0 fully saturated rings. The highest BCUT2D eigenvalue weighted by Crippen LogP contribution is 2.20. The molecule has 112 valence electrons. The van der Waals surface area contributed by atoms with Gasteiger partial charge >= 0.3 is 0 Å². The zero-order valence-corrected chi connectivity index (χ0v) is 13.6. The Kier molecular flexibility index (Phi) is 4.74. The Morgan fingerprint density at radius 2 is 2.10 bits per heavy atom. The van der Waals surface area contributed by atoms with Crippen LogP contribution in [0, 0.1) is 6.92 Å². The number of rotatable bonds is 5. The number of amides is 1. The van der Waals surface area contributed by atoms with Crippen LogP contribution in [0.4, 0.5) is 0 Å². The molecule has 1 heterocycles. The second-order valence-electron chi connectivity index (χ2n) is 5.04. The van der Waals surface area contributed by atoms with Crippen molar-refractivity contribution in [1.29, 1.82) is 0 Å². The lowest BCUT2D eigenvalue weighted by atomic mass is 9.92. The SMILES string of the molecule is Cc1nncn1CCNC(=O)C(C)(N)c1ccc(Br)cc1. The number of hydrogen-bond acceptors (Lipinski definition) is 4. The molecule has 0 saturated heterocycles. The second kappa shape index (κ2) is 6.36. The lowest BCUT2D eigenvalue weighted by Gasteiger charge is -2.24. The molecule has 0 aliphatic heterocycles. The van der Waals surface area contributed by atoms with E-state index in [1.54, 1.807) is 13.3 Å². The number of carbonyl (C=O) groups is 1. The van der Waals surface area contributed by atoms with E-state index in [1.165, 1.54) is 0 Å². The highest BCUT2D eigenvalue weighted by atomic mass is 79.9. The minimum atomic E-state index is -1.07. The van der Waals surface area contributed by atoms with Gasteiger partial charge < -0.3 is 15.6 Å². The van der Waals surface area contributed by atoms with Gasteiger partial charge in [-0.15, -0.1) is 10.2 Å². The van der Waals surface area contributed by atoms with Crippen molar-refractivity contribution in [3.05, 3.63) is 46.5 Å². The van der Waals surface area contributed by atoms with E-state index in [0.29, 0.717) is 13.1 Å². The van der Waals surface area contributed by atoms with Crippen LogP contribution in [0.1, 0.15) is 18.3 Å². The summed E-state index contributed by atoms with van der Waals surface area (Å²) in [6.07, 6.45) is 1.64. The third-order valence-electron chi connectivity index (χ3n) is 3.36. The van der Waals surface area contributed by atoms with Gasteiger partial charge in [-0.25, -0.2) is 0 Å². The van der Waals surface area contributed by atoms with Crippen LogP contribution in [0.5, 0.6) is 0 Å². The third-order valence-corrected chi connectivity index (χ3v) is 3.89. The maximum absolute atomic E-state index is 12.3. The maximum Gasteiger partial charge on any atom is 0.244 e. The largest absolute Gasteiger partial charge is 0.352 e. The molecule has 2 aromatic rings. The van der Waals surface area contributed by atoms with Crippen molar-refractivity contribution in [3.8, 4) is 0 Å². The Bertz CT molecular complexity index is 621. The van der Waals surface area contributed by atoms with E-state index in [2.05, 4.69) is 31.4 Å². The van der Waals surface area contributed by atoms with Crippen LogP contribution in [0.15, 0.2) is 35.1 Å². The van der Waals surface area contributed by atoms with Crippen molar-refractivity contribution in [2.75, 3.05) is 6.54 Å². The molecule has 0 saturated carbocycles. The molecule has 3 N–H and O–H groups in total.